The molecule has 0 atom stereocenters. The summed E-state index contributed by atoms with van der Waals surface area (Å²) in [5.74, 6) is 0. The predicted octanol–water partition coefficient (Wildman–Crippen LogP) is 13.1. The van der Waals surface area contributed by atoms with Crippen LogP contribution in [0.1, 0.15) is 0 Å². The Morgan fingerprint density at radius 3 is 1.49 bits per heavy atom. The van der Waals surface area contributed by atoms with Gasteiger partial charge in [0.1, 0.15) is 11.2 Å². The number of rotatable bonds is 3. The molecule has 51 heavy (non-hydrogen) atoms. The number of hydrogen-bond donors (Lipinski definition) is 0. The summed E-state index contributed by atoms with van der Waals surface area (Å²) in [5.41, 5.74) is 9.82. The summed E-state index contributed by atoms with van der Waals surface area (Å²) in [6.07, 6.45) is 0. The van der Waals surface area contributed by atoms with Gasteiger partial charge in [0.05, 0.1) is 22.4 Å². The molecule has 0 radical (unpaired) electrons. The second-order valence-electron chi connectivity index (χ2n) is 13.3. The van der Waals surface area contributed by atoms with Crippen LogP contribution in [0, 0.1) is 0 Å². The average Bonchev–Trinajstić information content (AvgIpc) is 3.59. The van der Waals surface area contributed by atoms with Gasteiger partial charge < -0.3 is 4.42 Å². The smallest absolute Gasteiger partial charge is 0.143 e. The molecule has 0 saturated heterocycles. The van der Waals surface area contributed by atoms with Crippen LogP contribution in [-0.4, -0.2) is 9.97 Å². The highest BCUT2D eigenvalue weighted by Gasteiger charge is 2.14. The molecular formula is C48H28N2O. The van der Waals surface area contributed by atoms with Gasteiger partial charge >= 0.3 is 0 Å². The number of pyridine rings is 2. The van der Waals surface area contributed by atoms with Crippen LogP contribution in [-0.2, 0) is 0 Å². The fourth-order valence-corrected chi connectivity index (χ4v) is 7.95. The molecule has 0 unspecified atom stereocenters. The normalized spacial score (nSPS) is 11.9. The molecule has 0 aliphatic rings. The standard InChI is InChI=1S/C48H28N2O/c1-2-10-37-35(8-1)36-9-3-4-11-38(36)42-28-33(22-25-39(37)42)44-27-24-32-21-20-31-23-26-43(49-46(31)47(32)50-44)30-18-16-29(17-19-30)34-13-7-14-41-40-12-5-6-15-45(40)51-48(34)41/h1-28H. The van der Waals surface area contributed by atoms with E-state index in [-0.39, 0.29) is 0 Å². The number of fused-ring (bicyclic) bond motifs is 12. The maximum absolute atomic E-state index is 6.32. The second-order valence-corrected chi connectivity index (χ2v) is 13.3. The lowest BCUT2D eigenvalue weighted by molar-refractivity contribution is 0.670. The van der Waals surface area contributed by atoms with Crippen LogP contribution < -0.4 is 0 Å². The Morgan fingerprint density at radius 2 is 0.824 bits per heavy atom. The molecule has 0 amide bonds. The zero-order chi connectivity index (χ0) is 33.5. The molecule has 3 heteroatoms. The Labute approximate surface area is 293 Å². The van der Waals surface area contributed by atoms with E-state index < -0.39 is 0 Å². The van der Waals surface area contributed by atoms with Gasteiger partial charge in [-0.3, -0.25) is 0 Å². The molecule has 0 N–H and O–H groups in total. The summed E-state index contributed by atoms with van der Waals surface area (Å²) in [5, 5.41) is 12.0. The van der Waals surface area contributed by atoms with Crippen LogP contribution in [0.2, 0.25) is 0 Å². The van der Waals surface area contributed by atoms with Gasteiger partial charge in [-0.15, -0.1) is 0 Å². The van der Waals surface area contributed by atoms with Gasteiger partial charge in [0.15, 0.2) is 0 Å². The first-order valence-electron chi connectivity index (χ1n) is 17.3. The van der Waals surface area contributed by atoms with Crippen molar-refractivity contribution in [3.05, 3.63) is 170 Å². The Morgan fingerprint density at radius 1 is 0.333 bits per heavy atom. The Balaban J connectivity index is 1.02. The molecule has 11 aromatic rings. The minimum atomic E-state index is 0.903. The summed E-state index contributed by atoms with van der Waals surface area (Å²) in [6, 6.07) is 60.2. The van der Waals surface area contributed by atoms with E-state index in [2.05, 4.69) is 158 Å². The highest BCUT2D eigenvalue weighted by Crippen LogP contribution is 2.39. The maximum Gasteiger partial charge on any atom is 0.143 e. The van der Waals surface area contributed by atoms with Crippen molar-refractivity contribution in [3.63, 3.8) is 0 Å². The second kappa shape index (κ2) is 10.8. The van der Waals surface area contributed by atoms with Crippen molar-refractivity contribution in [2.24, 2.45) is 0 Å². The number of para-hydroxylation sites is 2. The first-order valence-corrected chi connectivity index (χ1v) is 17.3. The molecule has 236 valence electrons. The molecule has 0 fully saturated rings. The Kier molecular flexibility index (Phi) is 5.96. The van der Waals surface area contributed by atoms with Crippen molar-refractivity contribution >= 4 is 76.1 Å². The van der Waals surface area contributed by atoms with E-state index in [0.717, 1.165) is 77.4 Å². The SMILES string of the molecule is c1ccc2c(c1)oc1c(-c3ccc(-c4ccc5ccc6ccc(-c7ccc8c9ccccc9c9ccccc9c8c7)nc6c5n4)cc3)cccc12. The first-order chi connectivity index (χ1) is 25.3. The fourth-order valence-electron chi connectivity index (χ4n) is 7.95. The number of furan rings is 1. The number of benzene rings is 8. The van der Waals surface area contributed by atoms with Crippen LogP contribution in [0.5, 0.6) is 0 Å². The zero-order valence-electron chi connectivity index (χ0n) is 27.5. The third-order valence-corrected chi connectivity index (χ3v) is 10.5. The lowest BCUT2D eigenvalue weighted by Crippen LogP contribution is -1.91. The molecule has 0 aliphatic heterocycles. The van der Waals surface area contributed by atoms with E-state index in [9.17, 15) is 0 Å². The van der Waals surface area contributed by atoms with Crippen molar-refractivity contribution < 1.29 is 4.42 Å². The molecule has 0 bridgehead atoms. The minimum absolute atomic E-state index is 0.903. The van der Waals surface area contributed by atoms with Gasteiger partial charge in [-0.05, 0) is 62.1 Å². The third-order valence-electron chi connectivity index (χ3n) is 10.5. The van der Waals surface area contributed by atoms with Crippen molar-refractivity contribution in [2.75, 3.05) is 0 Å². The molecule has 3 heterocycles. The quantitative estimate of drug-likeness (QED) is 0.179. The van der Waals surface area contributed by atoms with E-state index in [1.165, 1.54) is 32.3 Å². The molecular weight excluding hydrogens is 621 g/mol. The fraction of sp³-hybridized carbons (Fsp3) is 0. The highest BCUT2D eigenvalue weighted by atomic mass is 16.3. The molecule has 3 nitrogen and oxygen atoms in total. The van der Waals surface area contributed by atoms with Crippen molar-refractivity contribution in [2.45, 2.75) is 0 Å². The zero-order valence-corrected chi connectivity index (χ0v) is 27.5. The van der Waals surface area contributed by atoms with E-state index in [0.29, 0.717) is 0 Å². The summed E-state index contributed by atoms with van der Waals surface area (Å²) in [4.78, 5) is 10.5. The Bertz CT molecular complexity index is 3160. The average molecular weight is 649 g/mol. The molecule has 0 aliphatic carbocycles. The number of nitrogens with zero attached hydrogens (tertiary/aromatic N) is 2. The van der Waals surface area contributed by atoms with Crippen LogP contribution >= 0.6 is 0 Å². The number of hydrogen-bond acceptors (Lipinski definition) is 3. The van der Waals surface area contributed by atoms with Crippen LogP contribution in [0.25, 0.3) is 110 Å². The van der Waals surface area contributed by atoms with Gasteiger partial charge in [-0.1, -0.05) is 146 Å². The minimum Gasteiger partial charge on any atom is -0.455 e. The van der Waals surface area contributed by atoms with Crippen LogP contribution in [0.4, 0.5) is 0 Å². The van der Waals surface area contributed by atoms with Crippen molar-refractivity contribution in [1.82, 2.24) is 9.97 Å². The monoisotopic (exact) mass is 648 g/mol. The van der Waals surface area contributed by atoms with E-state index in [4.69, 9.17) is 14.4 Å². The van der Waals surface area contributed by atoms with Gasteiger partial charge in [-0.2, -0.15) is 0 Å². The Hall–Kier alpha value is -6.84. The summed E-state index contributed by atoms with van der Waals surface area (Å²) >= 11 is 0. The van der Waals surface area contributed by atoms with Gasteiger partial charge in [0.25, 0.3) is 0 Å². The lowest BCUT2D eigenvalue weighted by Gasteiger charge is -2.12. The van der Waals surface area contributed by atoms with Crippen LogP contribution in [0.3, 0.4) is 0 Å². The molecule has 0 spiro atoms. The van der Waals surface area contributed by atoms with Gasteiger partial charge in [0, 0.05) is 38.2 Å². The molecule has 11 rings (SSSR count). The van der Waals surface area contributed by atoms with Gasteiger partial charge in [0.2, 0.25) is 0 Å². The molecule has 3 aromatic heterocycles. The van der Waals surface area contributed by atoms with E-state index in [1.807, 2.05) is 12.1 Å². The third kappa shape index (κ3) is 4.32. The van der Waals surface area contributed by atoms with E-state index >= 15 is 0 Å². The number of aromatic nitrogens is 2. The molecule has 8 aromatic carbocycles. The highest BCUT2D eigenvalue weighted by molar-refractivity contribution is 6.25. The summed E-state index contributed by atoms with van der Waals surface area (Å²) in [7, 11) is 0. The topological polar surface area (TPSA) is 38.9 Å². The largest absolute Gasteiger partial charge is 0.455 e. The first kappa shape index (κ1) is 28.0. The predicted molar refractivity (Wildman–Crippen MR) is 213 cm³/mol. The van der Waals surface area contributed by atoms with Crippen LogP contribution in [0.15, 0.2) is 174 Å². The van der Waals surface area contributed by atoms with E-state index in [1.54, 1.807) is 0 Å². The van der Waals surface area contributed by atoms with Crippen molar-refractivity contribution in [3.8, 4) is 33.6 Å². The summed E-state index contributed by atoms with van der Waals surface area (Å²) < 4.78 is 6.32. The maximum atomic E-state index is 6.32. The van der Waals surface area contributed by atoms with Gasteiger partial charge in [-0.25, -0.2) is 9.97 Å². The lowest BCUT2D eigenvalue weighted by atomic mass is 9.93. The van der Waals surface area contributed by atoms with Crippen molar-refractivity contribution in [1.29, 1.82) is 0 Å². The molecule has 0 saturated carbocycles. The summed E-state index contributed by atoms with van der Waals surface area (Å²) in [6.45, 7) is 0.